The molecule has 1 aromatic rings. The summed E-state index contributed by atoms with van der Waals surface area (Å²) >= 11 is 0. The Morgan fingerprint density at radius 2 is 1.82 bits per heavy atom. The molecule has 0 aromatic heterocycles. The van der Waals surface area contributed by atoms with Gasteiger partial charge in [-0.3, -0.25) is 0 Å². The maximum Gasteiger partial charge on any atom is 0.126 e. The minimum Gasteiger partial charge on any atom is -0.396 e. The third-order valence-corrected chi connectivity index (χ3v) is 3.35. The van der Waals surface area contributed by atoms with Crippen molar-refractivity contribution in [2.45, 2.75) is 25.8 Å². The fourth-order valence-corrected chi connectivity index (χ4v) is 2.11. The maximum absolute atomic E-state index is 12.9. The number of rotatable bonds is 6. The van der Waals surface area contributed by atoms with Crippen LogP contribution in [0.1, 0.15) is 24.8 Å². The molecule has 1 aliphatic rings. The zero-order chi connectivity index (χ0) is 12.3. The van der Waals surface area contributed by atoms with Crippen LogP contribution in [-0.2, 0) is 6.54 Å². The molecule has 0 bridgehead atoms. The smallest absolute Gasteiger partial charge is 0.126 e. The number of benzene rings is 1. The van der Waals surface area contributed by atoms with Crippen LogP contribution < -0.4 is 5.32 Å². The van der Waals surface area contributed by atoms with Crippen molar-refractivity contribution in [2.75, 3.05) is 13.2 Å². The average molecular weight is 241 g/mol. The van der Waals surface area contributed by atoms with Gasteiger partial charge in [0.1, 0.15) is 11.6 Å². The zero-order valence-electron chi connectivity index (χ0n) is 9.68. The van der Waals surface area contributed by atoms with Gasteiger partial charge in [-0.25, -0.2) is 8.78 Å². The normalized spacial score (nSPS) is 17.1. The Bertz CT molecular complexity index is 371. The van der Waals surface area contributed by atoms with Crippen LogP contribution >= 0.6 is 0 Å². The standard InChI is InChI=1S/C13H17F2NO/c14-11-5-10(6-12(15)7-11)8-16-9-13(1-2-13)3-4-17/h5-7,16-17H,1-4,8-9H2. The van der Waals surface area contributed by atoms with E-state index >= 15 is 0 Å². The molecule has 0 saturated heterocycles. The quantitative estimate of drug-likeness (QED) is 0.800. The number of halogens is 2. The summed E-state index contributed by atoms with van der Waals surface area (Å²) in [5.74, 6) is -1.09. The lowest BCUT2D eigenvalue weighted by Gasteiger charge is -2.14. The van der Waals surface area contributed by atoms with Gasteiger partial charge in [-0.2, -0.15) is 0 Å². The number of hydrogen-bond acceptors (Lipinski definition) is 2. The van der Waals surface area contributed by atoms with Gasteiger partial charge in [0.15, 0.2) is 0 Å². The van der Waals surface area contributed by atoms with Gasteiger partial charge in [0.2, 0.25) is 0 Å². The number of hydrogen-bond donors (Lipinski definition) is 2. The van der Waals surface area contributed by atoms with Crippen LogP contribution in [0.3, 0.4) is 0 Å². The van der Waals surface area contributed by atoms with Crippen molar-refractivity contribution >= 4 is 0 Å². The molecule has 94 valence electrons. The van der Waals surface area contributed by atoms with E-state index in [2.05, 4.69) is 5.32 Å². The summed E-state index contributed by atoms with van der Waals surface area (Å²) in [5, 5.41) is 12.1. The van der Waals surface area contributed by atoms with Gasteiger partial charge in [-0.05, 0) is 42.4 Å². The molecule has 2 N–H and O–H groups in total. The van der Waals surface area contributed by atoms with Crippen LogP contribution in [0, 0.1) is 17.0 Å². The largest absolute Gasteiger partial charge is 0.396 e. The zero-order valence-corrected chi connectivity index (χ0v) is 9.68. The van der Waals surface area contributed by atoms with Gasteiger partial charge in [-0.1, -0.05) is 0 Å². The Morgan fingerprint density at radius 1 is 1.18 bits per heavy atom. The minimum atomic E-state index is -0.543. The van der Waals surface area contributed by atoms with Crippen LogP contribution in [0.5, 0.6) is 0 Å². The Hall–Kier alpha value is -1.00. The van der Waals surface area contributed by atoms with Crippen molar-refractivity contribution in [3.05, 3.63) is 35.4 Å². The van der Waals surface area contributed by atoms with Crippen molar-refractivity contribution in [2.24, 2.45) is 5.41 Å². The molecule has 0 heterocycles. The average Bonchev–Trinajstić information content (AvgIpc) is 2.97. The molecule has 1 aliphatic carbocycles. The van der Waals surface area contributed by atoms with Crippen LogP contribution in [-0.4, -0.2) is 18.3 Å². The molecule has 0 amide bonds. The second-order valence-corrected chi connectivity index (χ2v) is 4.85. The molecule has 1 fully saturated rings. The van der Waals surface area contributed by atoms with E-state index in [1.54, 1.807) is 0 Å². The van der Waals surface area contributed by atoms with Crippen LogP contribution in [0.4, 0.5) is 8.78 Å². The molecule has 0 aliphatic heterocycles. The first-order valence-corrected chi connectivity index (χ1v) is 5.90. The van der Waals surface area contributed by atoms with Crippen molar-refractivity contribution in [3.8, 4) is 0 Å². The lowest BCUT2D eigenvalue weighted by molar-refractivity contribution is 0.245. The van der Waals surface area contributed by atoms with Gasteiger partial charge in [0.25, 0.3) is 0 Å². The molecule has 2 rings (SSSR count). The minimum absolute atomic E-state index is 0.205. The third kappa shape index (κ3) is 3.48. The van der Waals surface area contributed by atoms with E-state index in [4.69, 9.17) is 5.11 Å². The van der Waals surface area contributed by atoms with Crippen LogP contribution in [0.15, 0.2) is 18.2 Å². The highest BCUT2D eigenvalue weighted by molar-refractivity contribution is 5.17. The number of nitrogens with one attached hydrogen (secondary N) is 1. The van der Waals surface area contributed by atoms with E-state index in [1.165, 1.54) is 12.1 Å². The fraction of sp³-hybridized carbons (Fsp3) is 0.538. The number of aliphatic hydroxyl groups is 1. The molecular weight excluding hydrogens is 224 g/mol. The second kappa shape index (κ2) is 5.10. The number of aliphatic hydroxyl groups excluding tert-OH is 1. The second-order valence-electron chi connectivity index (χ2n) is 4.85. The Balaban J connectivity index is 1.82. The summed E-state index contributed by atoms with van der Waals surface area (Å²) < 4.78 is 25.8. The Kier molecular flexibility index (Phi) is 3.74. The lowest BCUT2D eigenvalue weighted by Crippen LogP contribution is -2.24. The predicted octanol–water partition coefficient (Wildman–Crippen LogP) is 2.22. The van der Waals surface area contributed by atoms with Gasteiger partial charge in [-0.15, -0.1) is 0 Å². The molecule has 1 saturated carbocycles. The predicted molar refractivity (Wildman–Crippen MR) is 61.4 cm³/mol. The van der Waals surface area contributed by atoms with E-state index in [0.717, 1.165) is 31.9 Å². The highest BCUT2D eigenvalue weighted by Gasteiger charge is 2.41. The summed E-state index contributed by atoms with van der Waals surface area (Å²) in [6.45, 7) is 1.46. The molecule has 2 nitrogen and oxygen atoms in total. The SMILES string of the molecule is OCCC1(CNCc2cc(F)cc(F)c2)CC1. The highest BCUT2D eigenvalue weighted by Crippen LogP contribution is 2.47. The molecule has 0 spiro atoms. The van der Waals surface area contributed by atoms with E-state index in [0.29, 0.717) is 12.1 Å². The summed E-state index contributed by atoms with van der Waals surface area (Å²) in [6, 6.07) is 3.54. The van der Waals surface area contributed by atoms with E-state index in [-0.39, 0.29) is 12.0 Å². The highest BCUT2D eigenvalue weighted by atomic mass is 19.1. The van der Waals surface area contributed by atoms with Crippen molar-refractivity contribution in [3.63, 3.8) is 0 Å². The summed E-state index contributed by atoms with van der Waals surface area (Å²) in [7, 11) is 0. The van der Waals surface area contributed by atoms with E-state index in [1.807, 2.05) is 0 Å². The first-order valence-electron chi connectivity index (χ1n) is 5.90. The monoisotopic (exact) mass is 241 g/mol. The molecule has 0 radical (unpaired) electrons. The topological polar surface area (TPSA) is 32.3 Å². The first-order chi connectivity index (χ1) is 8.13. The van der Waals surface area contributed by atoms with Crippen molar-refractivity contribution in [1.29, 1.82) is 0 Å². The maximum atomic E-state index is 12.9. The van der Waals surface area contributed by atoms with Gasteiger partial charge < -0.3 is 10.4 Å². The van der Waals surface area contributed by atoms with E-state index in [9.17, 15) is 8.78 Å². The summed E-state index contributed by atoms with van der Waals surface area (Å²) in [4.78, 5) is 0. The van der Waals surface area contributed by atoms with E-state index < -0.39 is 11.6 Å². The lowest BCUT2D eigenvalue weighted by atomic mass is 10.0. The molecule has 4 heteroatoms. The molecular formula is C13H17F2NO. The van der Waals surface area contributed by atoms with Gasteiger partial charge in [0.05, 0.1) is 0 Å². The van der Waals surface area contributed by atoms with Crippen LogP contribution in [0.25, 0.3) is 0 Å². The van der Waals surface area contributed by atoms with Gasteiger partial charge >= 0.3 is 0 Å². The molecule has 17 heavy (non-hydrogen) atoms. The molecule has 0 unspecified atom stereocenters. The first kappa shape index (κ1) is 12.5. The Morgan fingerprint density at radius 3 is 2.35 bits per heavy atom. The Labute approximate surface area is 99.7 Å². The van der Waals surface area contributed by atoms with Crippen molar-refractivity contribution < 1.29 is 13.9 Å². The van der Waals surface area contributed by atoms with Gasteiger partial charge in [0, 0.05) is 25.8 Å². The third-order valence-electron chi connectivity index (χ3n) is 3.35. The molecule has 0 atom stereocenters. The fourth-order valence-electron chi connectivity index (χ4n) is 2.11. The summed E-state index contributed by atoms with van der Waals surface area (Å²) in [6.07, 6.45) is 3.05. The van der Waals surface area contributed by atoms with Crippen LogP contribution in [0.2, 0.25) is 0 Å². The summed E-state index contributed by atoms with van der Waals surface area (Å²) in [5.41, 5.74) is 0.836. The van der Waals surface area contributed by atoms with Crippen molar-refractivity contribution in [1.82, 2.24) is 5.32 Å². The molecule has 1 aromatic carbocycles.